The minimum Gasteiger partial charge on any atom is -0.395 e. The molecule has 1 fully saturated rings. The summed E-state index contributed by atoms with van der Waals surface area (Å²) in [6.45, 7) is 2.04. The highest BCUT2D eigenvalue weighted by molar-refractivity contribution is 6.02. The normalized spacial score (nSPS) is 16.8. The molecule has 1 aliphatic rings. The molecule has 3 heterocycles. The summed E-state index contributed by atoms with van der Waals surface area (Å²) in [5.74, 6) is -0.200. The fourth-order valence-corrected chi connectivity index (χ4v) is 3.95. The second kappa shape index (κ2) is 9.68. The number of aryl methyl sites for hydroxylation is 1. The molecule has 1 amide bonds. The van der Waals surface area contributed by atoms with Crippen LogP contribution in [0.15, 0.2) is 61.2 Å². The van der Waals surface area contributed by atoms with E-state index < -0.39 is 0 Å². The highest BCUT2D eigenvalue weighted by Gasteiger charge is 2.23. The van der Waals surface area contributed by atoms with E-state index in [1.165, 1.54) is 11.6 Å². The van der Waals surface area contributed by atoms with Gasteiger partial charge in [0.25, 0.3) is 0 Å². The zero-order valence-corrected chi connectivity index (χ0v) is 17.6. The highest BCUT2D eigenvalue weighted by atomic mass is 16.3. The van der Waals surface area contributed by atoms with Crippen molar-refractivity contribution in [2.45, 2.75) is 25.4 Å². The van der Waals surface area contributed by atoms with Crippen molar-refractivity contribution in [2.75, 3.05) is 18.5 Å². The smallest absolute Gasteiger partial charge is 0.248 e. The van der Waals surface area contributed by atoms with Crippen molar-refractivity contribution in [1.82, 2.24) is 19.7 Å². The molecule has 7 heteroatoms. The third kappa shape index (κ3) is 5.25. The first-order valence-electron chi connectivity index (χ1n) is 10.5. The average Bonchev–Trinajstić information content (AvgIpc) is 3.42. The molecule has 1 atom stereocenters. The van der Waals surface area contributed by atoms with Crippen molar-refractivity contribution in [3.8, 4) is 11.1 Å². The Bertz CT molecular complexity index is 1060. The Morgan fingerprint density at radius 3 is 2.84 bits per heavy atom. The number of aliphatic hydroxyl groups excluding tert-OH is 1. The molecule has 1 unspecified atom stereocenters. The van der Waals surface area contributed by atoms with E-state index >= 15 is 0 Å². The fourth-order valence-electron chi connectivity index (χ4n) is 3.95. The number of pyridine rings is 1. The van der Waals surface area contributed by atoms with Gasteiger partial charge in [-0.25, -0.2) is 0 Å². The summed E-state index contributed by atoms with van der Waals surface area (Å²) in [5.41, 5.74) is 4.72. The first-order valence-corrected chi connectivity index (χ1v) is 10.5. The maximum atomic E-state index is 12.4. The highest BCUT2D eigenvalue weighted by Crippen LogP contribution is 2.23. The third-order valence-corrected chi connectivity index (χ3v) is 5.60. The summed E-state index contributed by atoms with van der Waals surface area (Å²) in [4.78, 5) is 18.9. The first kappa shape index (κ1) is 21.0. The summed E-state index contributed by atoms with van der Waals surface area (Å²) >= 11 is 0. The molecular formula is C24H27N5O2. The summed E-state index contributed by atoms with van der Waals surface area (Å²) < 4.78 is 1.74. The van der Waals surface area contributed by atoms with Crippen LogP contribution in [-0.2, 0) is 18.4 Å². The van der Waals surface area contributed by atoms with Crippen LogP contribution in [-0.4, -0.2) is 49.9 Å². The number of nitrogens with zero attached hydrogens (tertiary/aromatic N) is 4. The molecule has 31 heavy (non-hydrogen) atoms. The summed E-state index contributed by atoms with van der Waals surface area (Å²) in [7, 11) is 1.87. The lowest BCUT2D eigenvalue weighted by molar-refractivity contribution is -0.111. The molecule has 2 N–H and O–H groups in total. The van der Waals surface area contributed by atoms with Gasteiger partial charge in [-0.3, -0.25) is 19.4 Å². The molecule has 0 aliphatic carbocycles. The van der Waals surface area contributed by atoms with E-state index in [0.29, 0.717) is 0 Å². The number of rotatable bonds is 7. The van der Waals surface area contributed by atoms with Crippen molar-refractivity contribution >= 4 is 17.7 Å². The van der Waals surface area contributed by atoms with E-state index in [1.54, 1.807) is 29.3 Å². The predicted octanol–water partition coefficient (Wildman–Crippen LogP) is 3.09. The maximum Gasteiger partial charge on any atom is 0.248 e. The first-order chi connectivity index (χ1) is 15.1. The fraction of sp³-hybridized carbons (Fsp3) is 0.292. The van der Waals surface area contributed by atoms with E-state index in [9.17, 15) is 9.90 Å². The molecule has 160 valence electrons. The quantitative estimate of drug-likeness (QED) is 0.577. The summed E-state index contributed by atoms with van der Waals surface area (Å²) in [6, 6.07) is 10.0. The number of aliphatic hydroxyl groups is 1. The number of likely N-dealkylation sites (tertiary alicyclic amines) is 1. The molecule has 0 bridgehead atoms. The van der Waals surface area contributed by atoms with Crippen LogP contribution in [0.4, 0.5) is 5.69 Å². The van der Waals surface area contributed by atoms with E-state index in [2.05, 4.69) is 20.3 Å². The molecule has 0 radical (unpaired) electrons. The van der Waals surface area contributed by atoms with Crippen molar-refractivity contribution in [3.05, 3.63) is 72.3 Å². The topological polar surface area (TPSA) is 83.3 Å². The van der Waals surface area contributed by atoms with Crippen LogP contribution in [0.2, 0.25) is 0 Å². The molecule has 7 nitrogen and oxygen atoms in total. The molecule has 0 saturated carbocycles. The van der Waals surface area contributed by atoms with Gasteiger partial charge >= 0.3 is 0 Å². The number of aromatic nitrogens is 3. The molecule has 1 saturated heterocycles. The maximum absolute atomic E-state index is 12.4. The number of amides is 1. The second-order valence-electron chi connectivity index (χ2n) is 7.83. The van der Waals surface area contributed by atoms with E-state index in [-0.39, 0.29) is 18.6 Å². The van der Waals surface area contributed by atoms with E-state index in [4.69, 9.17) is 0 Å². The predicted molar refractivity (Wildman–Crippen MR) is 121 cm³/mol. The van der Waals surface area contributed by atoms with Crippen LogP contribution >= 0.6 is 0 Å². The molecule has 2 aromatic heterocycles. The second-order valence-corrected chi connectivity index (χ2v) is 7.83. The molecule has 3 aromatic rings. The minimum atomic E-state index is -0.200. The minimum absolute atomic E-state index is 0.200. The summed E-state index contributed by atoms with van der Waals surface area (Å²) in [6.07, 6.45) is 12.6. The lowest BCUT2D eigenvalue weighted by Gasteiger charge is -2.22. The summed E-state index contributed by atoms with van der Waals surface area (Å²) in [5, 5.41) is 16.6. The zero-order valence-electron chi connectivity index (χ0n) is 17.6. The number of carbonyl (C=O) groups excluding carboxylic acids is 1. The van der Waals surface area contributed by atoms with Crippen molar-refractivity contribution in [1.29, 1.82) is 0 Å². The molecule has 1 aliphatic heterocycles. The van der Waals surface area contributed by atoms with Crippen molar-refractivity contribution in [3.63, 3.8) is 0 Å². The molecule has 1 aromatic carbocycles. The number of benzene rings is 1. The molecule has 0 spiro atoms. The van der Waals surface area contributed by atoms with Crippen molar-refractivity contribution in [2.24, 2.45) is 7.05 Å². The van der Waals surface area contributed by atoms with Gasteiger partial charge in [-0.15, -0.1) is 0 Å². The Labute approximate surface area is 182 Å². The number of carbonyl (C=O) groups is 1. The standard InChI is InChI=1S/C24H27N5O2/c1-28-16-20(14-26-28)23-10-11-25-13-19(23)6-9-24(31)27-21-7-4-18(5-8-21)15-29-12-2-3-22(29)17-30/h4-11,13-14,16,22,30H,2-3,12,15,17H2,1H3,(H,27,31)/b9-6+. The monoisotopic (exact) mass is 417 g/mol. The van der Waals surface area contributed by atoms with Gasteiger partial charge in [0.15, 0.2) is 0 Å². The largest absolute Gasteiger partial charge is 0.395 e. The molecule has 4 rings (SSSR count). The Hall–Kier alpha value is -3.29. The Morgan fingerprint density at radius 2 is 2.10 bits per heavy atom. The van der Waals surface area contributed by atoms with Gasteiger partial charge in [0.05, 0.1) is 12.8 Å². The van der Waals surface area contributed by atoms with Gasteiger partial charge in [0, 0.05) is 61.1 Å². The van der Waals surface area contributed by atoms with Crippen LogP contribution in [0.1, 0.15) is 24.0 Å². The number of hydrogen-bond donors (Lipinski definition) is 2. The van der Waals surface area contributed by atoms with Gasteiger partial charge < -0.3 is 10.4 Å². The Morgan fingerprint density at radius 1 is 1.26 bits per heavy atom. The van der Waals surface area contributed by atoms with E-state index in [0.717, 1.165) is 48.3 Å². The zero-order chi connectivity index (χ0) is 21.6. The lowest BCUT2D eigenvalue weighted by Crippen LogP contribution is -2.31. The number of anilines is 1. The van der Waals surface area contributed by atoms with Crippen LogP contribution in [0.3, 0.4) is 0 Å². The van der Waals surface area contributed by atoms with E-state index in [1.807, 2.05) is 43.6 Å². The van der Waals surface area contributed by atoms with Crippen LogP contribution in [0.5, 0.6) is 0 Å². The van der Waals surface area contributed by atoms with Crippen LogP contribution < -0.4 is 5.32 Å². The number of hydrogen-bond acceptors (Lipinski definition) is 5. The van der Waals surface area contributed by atoms with Crippen molar-refractivity contribution < 1.29 is 9.90 Å². The van der Waals surface area contributed by atoms with Gasteiger partial charge in [-0.1, -0.05) is 12.1 Å². The third-order valence-electron chi connectivity index (χ3n) is 5.60. The average molecular weight is 418 g/mol. The Kier molecular flexibility index (Phi) is 6.54. The van der Waals surface area contributed by atoms with Gasteiger partial charge in [0.1, 0.15) is 0 Å². The number of nitrogens with one attached hydrogen (secondary N) is 1. The SMILES string of the molecule is Cn1cc(-c2ccncc2/C=C/C(=O)Nc2ccc(CN3CCCC3CO)cc2)cn1. The Balaban J connectivity index is 1.38. The van der Waals surface area contributed by atoms with Crippen LogP contribution in [0, 0.1) is 0 Å². The molecular weight excluding hydrogens is 390 g/mol. The van der Waals surface area contributed by atoms with Gasteiger partial charge in [-0.05, 0) is 54.8 Å². The van der Waals surface area contributed by atoms with Crippen LogP contribution in [0.25, 0.3) is 17.2 Å². The van der Waals surface area contributed by atoms with Gasteiger partial charge in [0.2, 0.25) is 5.91 Å². The lowest BCUT2D eigenvalue weighted by atomic mass is 10.0. The van der Waals surface area contributed by atoms with Gasteiger partial charge in [-0.2, -0.15) is 5.10 Å².